The molecule has 0 spiro atoms. The molecule has 176 valence electrons. The molecule has 33 heavy (non-hydrogen) atoms. The van der Waals surface area contributed by atoms with Gasteiger partial charge >= 0.3 is 0 Å². The van der Waals surface area contributed by atoms with Crippen molar-refractivity contribution in [1.82, 2.24) is 10.2 Å². The Morgan fingerprint density at radius 3 is 2.55 bits per heavy atom. The largest absolute Gasteiger partial charge is 0.478 e. The van der Waals surface area contributed by atoms with Crippen LogP contribution in [0.2, 0.25) is 0 Å². The number of nitrogens with zero attached hydrogens (tertiary/aromatic N) is 2. The summed E-state index contributed by atoms with van der Waals surface area (Å²) in [6.45, 7) is 5.82. The fraction of sp³-hybridized carbons (Fsp3) is 0.481. The molecule has 1 N–H and O–H groups in total. The SMILES string of the molecule is CCC1Oc2ccccc2N(CC(=O)NCCCN2CCC(Cc3ccccc3)CC2)C1=O. The maximum absolute atomic E-state index is 12.7. The molecule has 1 saturated heterocycles. The summed E-state index contributed by atoms with van der Waals surface area (Å²) in [5.41, 5.74) is 2.10. The third kappa shape index (κ3) is 6.14. The van der Waals surface area contributed by atoms with Gasteiger partial charge in [0.2, 0.25) is 5.91 Å². The maximum atomic E-state index is 12.7. The molecule has 2 aromatic rings. The minimum Gasteiger partial charge on any atom is -0.478 e. The van der Waals surface area contributed by atoms with E-state index in [4.69, 9.17) is 4.74 Å². The number of anilines is 1. The number of fused-ring (bicyclic) bond motifs is 1. The first-order valence-electron chi connectivity index (χ1n) is 12.2. The second kappa shape index (κ2) is 11.3. The van der Waals surface area contributed by atoms with E-state index in [0.29, 0.717) is 24.4 Å². The number of nitrogens with one attached hydrogen (secondary N) is 1. The van der Waals surface area contributed by atoms with E-state index in [1.807, 2.05) is 31.2 Å². The third-order valence-corrected chi connectivity index (χ3v) is 6.69. The molecule has 1 atom stereocenters. The fourth-order valence-corrected chi connectivity index (χ4v) is 4.79. The predicted octanol–water partition coefficient (Wildman–Crippen LogP) is 3.65. The summed E-state index contributed by atoms with van der Waals surface area (Å²) in [5.74, 6) is 1.15. The monoisotopic (exact) mass is 449 g/mol. The summed E-state index contributed by atoms with van der Waals surface area (Å²) in [7, 11) is 0. The number of hydrogen-bond donors (Lipinski definition) is 1. The zero-order chi connectivity index (χ0) is 23.0. The summed E-state index contributed by atoms with van der Waals surface area (Å²) in [6, 6.07) is 18.2. The minimum atomic E-state index is -0.530. The lowest BCUT2D eigenvalue weighted by molar-refractivity contribution is -0.129. The lowest BCUT2D eigenvalue weighted by atomic mass is 9.90. The van der Waals surface area contributed by atoms with Crippen LogP contribution in [0.25, 0.3) is 0 Å². The Hall–Kier alpha value is -2.86. The molecule has 2 amide bonds. The molecule has 0 bridgehead atoms. The van der Waals surface area contributed by atoms with Gasteiger partial charge in [-0.2, -0.15) is 0 Å². The Morgan fingerprint density at radius 1 is 1.06 bits per heavy atom. The molecular formula is C27H35N3O3. The quantitative estimate of drug-likeness (QED) is 0.594. The van der Waals surface area contributed by atoms with E-state index < -0.39 is 6.10 Å². The zero-order valence-electron chi connectivity index (χ0n) is 19.5. The molecule has 1 unspecified atom stereocenters. The van der Waals surface area contributed by atoms with Crippen molar-refractivity contribution in [3.05, 3.63) is 60.2 Å². The number of para-hydroxylation sites is 2. The number of piperidine rings is 1. The van der Waals surface area contributed by atoms with Gasteiger partial charge in [-0.15, -0.1) is 0 Å². The average molecular weight is 450 g/mol. The van der Waals surface area contributed by atoms with E-state index in [1.54, 1.807) is 4.90 Å². The summed E-state index contributed by atoms with van der Waals surface area (Å²) >= 11 is 0. The van der Waals surface area contributed by atoms with E-state index in [2.05, 4.69) is 40.5 Å². The molecule has 1 fully saturated rings. The number of benzene rings is 2. The normalized spacial score (nSPS) is 19.1. The molecular weight excluding hydrogens is 414 g/mol. The van der Waals surface area contributed by atoms with Gasteiger partial charge in [-0.3, -0.25) is 14.5 Å². The van der Waals surface area contributed by atoms with Gasteiger partial charge in [0.25, 0.3) is 5.91 Å². The second-order valence-corrected chi connectivity index (χ2v) is 9.09. The van der Waals surface area contributed by atoms with Crippen LogP contribution in [-0.4, -0.2) is 55.5 Å². The average Bonchev–Trinajstić information content (AvgIpc) is 2.85. The Kier molecular flexibility index (Phi) is 8.00. The van der Waals surface area contributed by atoms with Crippen LogP contribution in [0.1, 0.15) is 38.2 Å². The Morgan fingerprint density at radius 2 is 1.79 bits per heavy atom. The number of amides is 2. The summed E-state index contributed by atoms with van der Waals surface area (Å²) < 4.78 is 5.78. The number of carbonyl (C=O) groups excluding carboxylic acids is 2. The van der Waals surface area contributed by atoms with Gasteiger partial charge in [-0.05, 0) is 75.4 Å². The van der Waals surface area contributed by atoms with Crippen LogP contribution in [0.5, 0.6) is 5.75 Å². The lowest BCUT2D eigenvalue weighted by Gasteiger charge is -2.33. The van der Waals surface area contributed by atoms with Gasteiger partial charge in [0.1, 0.15) is 12.3 Å². The van der Waals surface area contributed by atoms with Crippen molar-refractivity contribution in [3.63, 3.8) is 0 Å². The summed E-state index contributed by atoms with van der Waals surface area (Å²) in [4.78, 5) is 29.4. The highest BCUT2D eigenvalue weighted by Gasteiger charge is 2.34. The van der Waals surface area contributed by atoms with Crippen LogP contribution in [0.3, 0.4) is 0 Å². The molecule has 4 rings (SSSR count). The molecule has 2 aliphatic heterocycles. The van der Waals surface area contributed by atoms with Crippen LogP contribution in [0.15, 0.2) is 54.6 Å². The van der Waals surface area contributed by atoms with Gasteiger partial charge in [0, 0.05) is 6.54 Å². The number of ether oxygens (including phenoxy) is 1. The van der Waals surface area contributed by atoms with Gasteiger partial charge in [-0.1, -0.05) is 49.4 Å². The Bertz CT molecular complexity index is 925. The smallest absolute Gasteiger partial charge is 0.268 e. The molecule has 0 aromatic heterocycles. The molecule has 0 saturated carbocycles. The number of rotatable bonds is 9. The van der Waals surface area contributed by atoms with E-state index in [9.17, 15) is 9.59 Å². The van der Waals surface area contributed by atoms with Gasteiger partial charge in [-0.25, -0.2) is 0 Å². The highest BCUT2D eigenvalue weighted by atomic mass is 16.5. The van der Waals surface area contributed by atoms with Crippen LogP contribution >= 0.6 is 0 Å². The molecule has 2 aliphatic rings. The van der Waals surface area contributed by atoms with Crippen molar-refractivity contribution in [2.24, 2.45) is 5.92 Å². The third-order valence-electron chi connectivity index (χ3n) is 6.69. The highest BCUT2D eigenvalue weighted by molar-refractivity contribution is 6.03. The number of hydrogen-bond acceptors (Lipinski definition) is 4. The van der Waals surface area contributed by atoms with E-state index in [0.717, 1.165) is 32.0 Å². The standard InChI is InChI=1S/C27H35N3O3/c1-2-24-27(32)30(23-11-6-7-12-25(23)33-24)20-26(31)28-15-8-16-29-17-13-22(14-18-29)19-21-9-4-3-5-10-21/h3-7,9-12,22,24H,2,8,13-20H2,1H3,(H,28,31). The fourth-order valence-electron chi connectivity index (χ4n) is 4.79. The second-order valence-electron chi connectivity index (χ2n) is 9.09. The molecule has 0 aliphatic carbocycles. The van der Waals surface area contributed by atoms with Crippen LogP contribution in [0, 0.1) is 5.92 Å². The van der Waals surface area contributed by atoms with Crippen molar-refractivity contribution >= 4 is 17.5 Å². The first-order chi connectivity index (χ1) is 16.1. The minimum absolute atomic E-state index is 0.0284. The van der Waals surface area contributed by atoms with E-state index in [1.165, 1.54) is 24.8 Å². The molecule has 2 aromatic carbocycles. The number of likely N-dealkylation sites (tertiary alicyclic amines) is 1. The van der Waals surface area contributed by atoms with Crippen molar-refractivity contribution in [2.75, 3.05) is 37.6 Å². The molecule has 2 heterocycles. The number of carbonyl (C=O) groups is 2. The zero-order valence-corrected chi connectivity index (χ0v) is 19.5. The lowest BCUT2D eigenvalue weighted by Crippen LogP contribution is -2.49. The molecule has 6 nitrogen and oxygen atoms in total. The van der Waals surface area contributed by atoms with Crippen molar-refractivity contribution in [1.29, 1.82) is 0 Å². The van der Waals surface area contributed by atoms with Gasteiger partial charge in [0.05, 0.1) is 5.69 Å². The first kappa shape index (κ1) is 23.3. The molecule has 6 heteroatoms. The summed E-state index contributed by atoms with van der Waals surface area (Å²) in [5, 5.41) is 2.99. The predicted molar refractivity (Wildman–Crippen MR) is 130 cm³/mol. The topological polar surface area (TPSA) is 61.9 Å². The van der Waals surface area contributed by atoms with E-state index in [-0.39, 0.29) is 18.4 Å². The van der Waals surface area contributed by atoms with Crippen LogP contribution in [-0.2, 0) is 16.0 Å². The Labute approximate surface area is 196 Å². The van der Waals surface area contributed by atoms with Crippen LogP contribution < -0.4 is 15.0 Å². The van der Waals surface area contributed by atoms with Crippen LogP contribution in [0.4, 0.5) is 5.69 Å². The maximum Gasteiger partial charge on any atom is 0.268 e. The highest BCUT2D eigenvalue weighted by Crippen LogP contribution is 2.34. The first-order valence-corrected chi connectivity index (χ1v) is 12.2. The van der Waals surface area contributed by atoms with Gasteiger partial charge in [0.15, 0.2) is 6.10 Å². The molecule has 0 radical (unpaired) electrons. The van der Waals surface area contributed by atoms with E-state index >= 15 is 0 Å². The Balaban J connectivity index is 1.17. The van der Waals surface area contributed by atoms with Crippen molar-refractivity contribution < 1.29 is 14.3 Å². The van der Waals surface area contributed by atoms with Crippen molar-refractivity contribution in [2.45, 2.75) is 45.1 Å². The van der Waals surface area contributed by atoms with Gasteiger partial charge < -0.3 is 15.0 Å². The summed E-state index contributed by atoms with van der Waals surface area (Å²) in [6.07, 6.45) is 4.61. The van der Waals surface area contributed by atoms with Crippen molar-refractivity contribution in [3.8, 4) is 5.75 Å².